The largest absolute Gasteiger partial charge is 0.149 e. The van der Waals surface area contributed by atoms with E-state index in [9.17, 15) is 0 Å². The first-order chi connectivity index (χ1) is 8.77. The Hall–Kier alpha value is -1.45. The van der Waals surface area contributed by atoms with Crippen LogP contribution in [0.2, 0.25) is 5.02 Å². The van der Waals surface area contributed by atoms with Crippen LogP contribution < -0.4 is 0 Å². The first-order valence-corrected chi connectivity index (χ1v) is 6.60. The van der Waals surface area contributed by atoms with E-state index in [1.807, 2.05) is 48.5 Å². The maximum atomic E-state index is 6.10. The topological polar surface area (TPSA) is 25.8 Å². The highest BCUT2D eigenvalue weighted by atomic mass is 79.9. The molecule has 0 saturated carbocycles. The Morgan fingerprint density at radius 1 is 0.889 bits per heavy atom. The highest BCUT2D eigenvalue weighted by Crippen LogP contribution is 2.33. The Morgan fingerprint density at radius 2 is 1.67 bits per heavy atom. The molecule has 3 rings (SSSR count). The van der Waals surface area contributed by atoms with Gasteiger partial charge in [-0.15, -0.1) is 10.2 Å². The van der Waals surface area contributed by atoms with Gasteiger partial charge in [0.2, 0.25) is 0 Å². The molecule has 0 unspecified atom stereocenters. The molecule has 3 aromatic rings. The van der Waals surface area contributed by atoms with E-state index < -0.39 is 0 Å². The molecule has 1 heterocycles. The minimum Gasteiger partial charge on any atom is -0.149 e. The van der Waals surface area contributed by atoms with Gasteiger partial charge in [-0.3, -0.25) is 0 Å². The Morgan fingerprint density at radius 3 is 2.44 bits per heavy atom. The van der Waals surface area contributed by atoms with Gasteiger partial charge in [0.15, 0.2) is 0 Å². The molecule has 0 saturated heterocycles. The number of nitrogens with zero attached hydrogens (tertiary/aromatic N) is 2. The van der Waals surface area contributed by atoms with Crippen molar-refractivity contribution in [3.8, 4) is 11.3 Å². The molecule has 88 valence electrons. The van der Waals surface area contributed by atoms with Crippen molar-refractivity contribution in [2.24, 2.45) is 0 Å². The lowest BCUT2D eigenvalue weighted by Crippen LogP contribution is -1.92. The zero-order chi connectivity index (χ0) is 12.5. The number of halogens is 2. The quantitative estimate of drug-likeness (QED) is 0.649. The molecule has 0 bridgehead atoms. The second-order valence-electron chi connectivity index (χ2n) is 3.86. The second-order valence-corrected chi connectivity index (χ2v) is 5.06. The summed E-state index contributed by atoms with van der Waals surface area (Å²) in [6, 6.07) is 15.6. The number of hydrogen-bond acceptors (Lipinski definition) is 2. The average molecular weight is 320 g/mol. The minimum atomic E-state index is 0.611. The van der Waals surface area contributed by atoms with Crippen molar-refractivity contribution in [3.63, 3.8) is 0 Å². The number of benzene rings is 2. The Bertz CT molecular complexity index is 714. The number of rotatable bonds is 1. The molecular formula is C14H8BrClN2. The second kappa shape index (κ2) is 4.67. The van der Waals surface area contributed by atoms with Gasteiger partial charge >= 0.3 is 0 Å². The molecule has 18 heavy (non-hydrogen) atoms. The van der Waals surface area contributed by atoms with Gasteiger partial charge in [-0.1, -0.05) is 54.1 Å². The van der Waals surface area contributed by atoms with Gasteiger partial charge in [-0.05, 0) is 22.0 Å². The fourth-order valence-corrected chi connectivity index (χ4v) is 2.69. The van der Waals surface area contributed by atoms with Crippen LogP contribution >= 0.6 is 27.5 Å². The predicted octanol–water partition coefficient (Wildman–Crippen LogP) is 4.71. The van der Waals surface area contributed by atoms with E-state index in [1.54, 1.807) is 0 Å². The number of aromatic nitrogens is 2. The van der Waals surface area contributed by atoms with E-state index >= 15 is 0 Å². The van der Waals surface area contributed by atoms with Crippen LogP contribution in [-0.2, 0) is 0 Å². The van der Waals surface area contributed by atoms with Gasteiger partial charge < -0.3 is 0 Å². The molecule has 1 aromatic heterocycles. The summed E-state index contributed by atoms with van der Waals surface area (Å²) in [5, 5.41) is 10.0. The molecule has 4 heteroatoms. The van der Waals surface area contributed by atoms with Crippen LogP contribution in [0.3, 0.4) is 0 Å². The third kappa shape index (κ3) is 1.89. The van der Waals surface area contributed by atoms with Crippen LogP contribution in [-0.4, -0.2) is 10.2 Å². The van der Waals surface area contributed by atoms with Crippen molar-refractivity contribution in [2.75, 3.05) is 0 Å². The lowest BCUT2D eigenvalue weighted by atomic mass is 10.1. The van der Waals surface area contributed by atoms with Crippen LogP contribution in [0.1, 0.15) is 0 Å². The first-order valence-electron chi connectivity index (χ1n) is 5.43. The third-order valence-corrected chi connectivity index (χ3v) is 3.84. The molecule has 0 fully saturated rings. The van der Waals surface area contributed by atoms with Gasteiger partial charge in [0.1, 0.15) is 11.2 Å². The van der Waals surface area contributed by atoms with Crippen molar-refractivity contribution < 1.29 is 0 Å². The van der Waals surface area contributed by atoms with E-state index in [4.69, 9.17) is 11.6 Å². The van der Waals surface area contributed by atoms with Gasteiger partial charge in [0, 0.05) is 10.9 Å². The minimum absolute atomic E-state index is 0.611. The molecule has 0 atom stereocenters. The molecule has 0 amide bonds. The van der Waals surface area contributed by atoms with Crippen molar-refractivity contribution in [2.45, 2.75) is 0 Å². The zero-order valence-electron chi connectivity index (χ0n) is 9.27. The Labute approximate surface area is 118 Å². The summed E-state index contributed by atoms with van der Waals surface area (Å²) >= 11 is 9.70. The molecule has 0 spiro atoms. The van der Waals surface area contributed by atoms with E-state index in [-0.39, 0.29) is 0 Å². The summed E-state index contributed by atoms with van der Waals surface area (Å²) in [6.45, 7) is 0. The van der Waals surface area contributed by atoms with Gasteiger partial charge in [0.25, 0.3) is 0 Å². The fourth-order valence-electron chi connectivity index (χ4n) is 1.85. The summed E-state index contributed by atoms with van der Waals surface area (Å²) in [5.41, 5.74) is 2.56. The lowest BCUT2D eigenvalue weighted by Gasteiger charge is -2.06. The van der Waals surface area contributed by atoms with Crippen molar-refractivity contribution in [1.82, 2.24) is 10.2 Å². The number of fused-ring (bicyclic) bond motifs is 1. The monoisotopic (exact) mass is 318 g/mol. The molecule has 2 nitrogen and oxygen atoms in total. The van der Waals surface area contributed by atoms with Gasteiger partial charge in [0.05, 0.1) is 9.50 Å². The van der Waals surface area contributed by atoms with Crippen LogP contribution in [0, 0.1) is 0 Å². The van der Waals surface area contributed by atoms with Crippen LogP contribution in [0.15, 0.2) is 53.0 Å². The van der Waals surface area contributed by atoms with Gasteiger partial charge in [-0.25, -0.2) is 0 Å². The van der Waals surface area contributed by atoms with Crippen molar-refractivity contribution in [1.29, 1.82) is 0 Å². The third-order valence-electron chi connectivity index (χ3n) is 2.73. The van der Waals surface area contributed by atoms with E-state index in [0.29, 0.717) is 10.5 Å². The summed E-state index contributed by atoms with van der Waals surface area (Å²) < 4.78 is 0.918. The van der Waals surface area contributed by atoms with E-state index in [0.717, 1.165) is 21.1 Å². The molecular weight excluding hydrogens is 312 g/mol. The molecule has 2 aromatic carbocycles. The fraction of sp³-hybridized carbons (Fsp3) is 0. The summed E-state index contributed by atoms with van der Waals surface area (Å²) in [4.78, 5) is 0. The average Bonchev–Trinajstić information content (AvgIpc) is 2.41. The van der Waals surface area contributed by atoms with E-state index in [2.05, 4.69) is 26.1 Å². The van der Waals surface area contributed by atoms with Crippen LogP contribution in [0.4, 0.5) is 0 Å². The predicted molar refractivity (Wildman–Crippen MR) is 77.7 cm³/mol. The maximum absolute atomic E-state index is 6.10. The maximum Gasteiger partial charge on any atom is 0.113 e. The number of hydrogen-bond donors (Lipinski definition) is 0. The Balaban J connectivity index is 2.31. The molecule has 0 N–H and O–H groups in total. The zero-order valence-corrected chi connectivity index (χ0v) is 11.6. The molecule has 0 aliphatic rings. The SMILES string of the molecule is Clc1cccc2c(Br)c(-c3ccccc3)nnc12. The first kappa shape index (κ1) is 11.6. The standard InChI is InChI=1S/C14H8BrClN2/c15-12-10-7-4-8-11(16)14(10)18-17-13(12)9-5-2-1-3-6-9/h1-8H. The molecule has 0 aliphatic heterocycles. The highest BCUT2D eigenvalue weighted by molar-refractivity contribution is 9.10. The highest BCUT2D eigenvalue weighted by Gasteiger charge is 2.11. The van der Waals surface area contributed by atoms with Gasteiger partial charge in [-0.2, -0.15) is 0 Å². The summed E-state index contributed by atoms with van der Waals surface area (Å²) in [6.07, 6.45) is 0. The normalized spacial score (nSPS) is 10.8. The molecule has 0 radical (unpaired) electrons. The molecule has 0 aliphatic carbocycles. The van der Waals surface area contributed by atoms with Crippen LogP contribution in [0.25, 0.3) is 22.2 Å². The summed E-state index contributed by atoms with van der Waals surface area (Å²) in [5.74, 6) is 0. The van der Waals surface area contributed by atoms with Crippen LogP contribution in [0.5, 0.6) is 0 Å². The Kier molecular flexibility index (Phi) is 3.02. The lowest BCUT2D eigenvalue weighted by molar-refractivity contribution is 1.08. The van der Waals surface area contributed by atoms with Crippen molar-refractivity contribution >= 4 is 38.4 Å². The smallest absolute Gasteiger partial charge is 0.113 e. The summed E-state index contributed by atoms with van der Waals surface area (Å²) in [7, 11) is 0. The van der Waals surface area contributed by atoms with Crippen molar-refractivity contribution in [3.05, 3.63) is 58.0 Å². The van der Waals surface area contributed by atoms with E-state index in [1.165, 1.54) is 0 Å².